The van der Waals surface area contributed by atoms with Crippen LogP contribution in [0.4, 0.5) is 0 Å². The Bertz CT molecular complexity index is 1660. The molecular weight excluding hydrogens is 586 g/mol. The molecule has 6 N–H and O–H groups in total. The molecule has 0 radical (unpaired) electrons. The Balaban J connectivity index is 1.40. The molecule has 0 aromatic heterocycles. The molecule has 4 aliphatic carbocycles. The quantitative estimate of drug-likeness (QED) is 0.305. The normalized spacial score (nSPS) is 26.7. The summed E-state index contributed by atoms with van der Waals surface area (Å²) in [7, 11) is 3.13. The number of hydrogen-bond acceptors (Lipinski definition) is 9. The van der Waals surface area contributed by atoms with Crippen LogP contribution in [0.1, 0.15) is 41.2 Å². The van der Waals surface area contributed by atoms with E-state index < -0.39 is 58.0 Å². The van der Waals surface area contributed by atoms with E-state index in [1.165, 1.54) is 22.1 Å². The van der Waals surface area contributed by atoms with Crippen LogP contribution in [0.2, 0.25) is 5.02 Å². The second-order valence-corrected chi connectivity index (χ2v) is 13.0. The second kappa shape index (κ2) is 10.7. The summed E-state index contributed by atoms with van der Waals surface area (Å²) in [6.45, 7) is 3.29. The van der Waals surface area contributed by atoms with Crippen molar-refractivity contribution in [3.05, 3.63) is 80.1 Å². The van der Waals surface area contributed by atoms with E-state index in [-0.39, 0.29) is 35.8 Å². The minimum atomic E-state index is -2.68. The number of fused-ring (bicyclic) bond motifs is 4. The van der Waals surface area contributed by atoms with Gasteiger partial charge in [-0.2, -0.15) is 0 Å². The lowest BCUT2D eigenvalue weighted by molar-refractivity contribution is -0.153. The minimum Gasteiger partial charge on any atom is -0.508 e. The summed E-state index contributed by atoms with van der Waals surface area (Å²) in [6.07, 6.45) is 1.97. The summed E-state index contributed by atoms with van der Waals surface area (Å²) in [6, 6.07) is 8.99. The molecule has 0 spiro atoms. The van der Waals surface area contributed by atoms with Crippen molar-refractivity contribution in [3.8, 4) is 5.75 Å². The Morgan fingerprint density at radius 2 is 1.73 bits per heavy atom. The number of carbonyl (C=O) groups excluding carboxylic acids is 3. The SMILES string of the molecule is CCN(Cc1cc(O)c2c(c1Cl)C[C@H]1C[C@H]3[C@H](N(C)C)C(=O)C(C(N)=O)=C(O)[C@@]3(O)C(=O)C1=C2O)C1Cc2ccccc2C1. The van der Waals surface area contributed by atoms with Crippen LogP contribution in [0.15, 0.2) is 47.2 Å². The smallest absolute Gasteiger partial charge is 0.255 e. The standard InChI is InChI=1S/C33H36ClN3O7/c1-4-37(19-9-15-7-5-6-8-16(15)10-19)14-18-13-22(38)24-20(26(18)34)11-17-12-21-27(36(2)3)29(40)25(32(35)43)31(42)33(21,44)30(41)23(17)28(24)39/h5-8,13,17,19,21,27,38-39,42,44H,4,9-12,14H2,1-3H3,(H2,35,43)/t17-,21-,27-,33-/m0/s1. The highest BCUT2D eigenvalue weighted by molar-refractivity contribution is 6.32. The Labute approximate surface area is 260 Å². The molecule has 1 saturated carbocycles. The molecule has 4 aliphatic rings. The molecule has 0 bridgehead atoms. The van der Waals surface area contributed by atoms with Crippen LogP contribution >= 0.6 is 11.6 Å². The van der Waals surface area contributed by atoms with Crippen LogP contribution in [0.25, 0.3) is 5.76 Å². The fourth-order valence-corrected chi connectivity index (χ4v) is 8.26. The largest absolute Gasteiger partial charge is 0.508 e. The van der Waals surface area contributed by atoms with E-state index in [1.54, 1.807) is 14.1 Å². The third kappa shape index (κ3) is 4.30. The lowest BCUT2D eigenvalue weighted by Gasteiger charge is -2.50. The van der Waals surface area contributed by atoms with Crippen molar-refractivity contribution in [2.45, 2.75) is 56.8 Å². The highest BCUT2D eigenvalue weighted by Gasteiger charge is 2.64. The van der Waals surface area contributed by atoms with Crippen molar-refractivity contribution in [3.63, 3.8) is 0 Å². The number of likely N-dealkylation sites (N-methyl/N-ethyl adjacent to an activating group) is 2. The number of carbonyl (C=O) groups is 3. The van der Waals surface area contributed by atoms with Gasteiger partial charge in [-0.05, 0) is 80.6 Å². The average molecular weight is 622 g/mol. The molecule has 4 atom stereocenters. The molecule has 2 aromatic carbocycles. The number of amides is 1. The van der Waals surface area contributed by atoms with E-state index in [4.69, 9.17) is 17.3 Å². The number of primary amides is 1. The molecular formula is C33H36ClN3O7. The summed E-state index contributed by atoms with van der Waals surface area (Å²) in [5.41, 5.74) is 5.45. The molecule has 11 heteroatoms. The van der Waals surface area contributed by atoms with Crippen molar-refractivity contribution in [1.82, 2.24) is 9.80 Å². The van der Waals surface area contributed by atoms with Gasteiger partial charge in [0.15, 0.2) is 11.4 Å². The Morgan fingerprint density at radius 1 is 1.09 bits per heavy atom. The average Bonchev–Trinajstić information content (AvgIpc) is 3.39. The van der Waals surface area contributed by atoms with Crippen LogP contribution in [0.3, 0.4) is 0 Å². The van der Waals surface area contributed by atoms with Gasteiger partial charge in [0.25, 0.3) is 5.91 Å². The maximum atomic E-state index is 14.0. The van der Waals surface area contributed by atoms with Gasteiger partial charge in [-0.25, -0.2) is 0 Å². The topological polar surface area (TPSA) is 165 Å². The van der Waals surface area contributed by atoms with Gasteiger partial charge >= 0.3 is 0 Å². The van der Waals surface area contributed by atoms with E-state index in [0.29, 0.717) is 22.7 Å². The number of rotatable bonds is 6. The number of aliphatic hydroxyl groups is 3. The van der Waals surface area contributed by atoms with Gasteiger partial charge in [0, 0.05) is 29.1 Å². The number of nitrogens with two attached hydrogens (primary N) is 1. The first kappa shape index (κ1) is 30.3. The Morgan fingerprint density at radius 3 is 2.30 bits per heavy atom. The van der Waals surface area contributed by atoms with Gasteiger partial charge in [0.1, 0.15) is 22.8 Å². The predicted molar refractivity (Wildman–Crippen MR) is 163 cm³/mol. The maximum Gasteiger partial charge on any atom is 0.255 e. The van der Waals surface area contributed by atoms with Crippen molar-refractivity contribution in [2.75, 3.05) is 20.6 Å². The fourth-order valence-electron chi connectivity index (χ4n) is 7.97. The molecule has 232 valence electrons. The van der Waals surface area contributed by atoms with Gasteiger partial charge in [0.05, 0.1) is 11.6 Å². The van der Waals surface area contributed by atoms with Gasteiger partial charge in [0.2, 0.25) is 5.78 Å². The Hall–Kier alpha value is -3.70. The first-order valence-corrected chi connectivity index (χ1v) is 15.2. The first-order valence-electron chi connectivity index (χ1n) is 14.8. The van der Waals surface area contributed by atoms with Gasteiger partial charge in [-0.15, -0.1) is 0 Å². The molecule has 1 amide bonds. The number of aromatic hydroxyl groups is 1. The third-order valence-electron chi connectivity index (χ3n) is 10.1. The fraction of sp³-hybridized carbons (Fsp3) is 0.424. The number of Topliss-reactive ketones (excluding diaryl/α,β-unsaturated/α-hetero) is 2. The molecule has 0 aliphatic heterocycles. The lowest BCUT2D eigenvalue weighted by atomic mass is 9.57. The van der Waals surface area contributed by atoms with E-state index in [0.717, 1.165) is 19.4 Å². The zero-order valence-electron chi connectivity index (χ0n) is 24.8. The Kier molecular flexibility index (Phi) is 7.40. The number of hydrogen-bond donors (Lipinski definition) is 5. The zero-order chi connectivity index (χ0) is 31.8. The van der Waals surface area contributed by atoms with Crippen LogP contribution in [-0.4, -0.2) is 86.0 Å². The van der Waals surface area contributed by atoms with Crippen LogP contribution in [-0.2, 0) is 40.2 Å². The molecule has 10 nitrogen and oxygen atoms in total. The summed E-state index contributed by atoms with van der Waals surface area (Å²) in [5.74, 6) is -6.86. The van der Waals surface area contributed by atoms with E-state index >= 15 is 0 Å². The van der Waals surface area contributed by atoms with E-state index in [9.17, 15) is 34.8 Å². The summed E-state index contributed by atoms with van der Waals surface area (Å²) in [4.78, 5) is 43.3. The monoisotopic (exact) mass is 621 g/mol. The van der Waals surface area contributed by atoms with Crippen molar-refractivity contribution >= 4 is 34.8 Å². The third-order valence-corrected chi connectivity index (χ3v) is 10.5. The van der Waals surface area contributed by atoms with E-state index in [2.05, 4.69) is 24.0 Å². The molecule has 0 unspecified atom stereocenters. The minimum absolute atomic E-state index is 0.00800. The van der Waals surface area contributed by atoms with Gasteiger partial charge in [-0.1, -0.05) is 42.8 Å². The number of ketones is 2. The highest BCUT2D eigenvalue weighted by Crippen LogP contribution is 2.53. The first-order chi connectivity index (χ1) is 20.8. The molecule has 2 aromatic rings. The number of phenols is 1. The number of aliphatic hydroxyl groups excluding tert-OH is 2. The maximum absolute atomic E-state index is 14.0. The molecule has 0 heterocycles. The molecule has 44 heavy (non-hydrogen) atoms. The highest BCUT2D eigenvalue weighted by atomic mass is 35.5. The second-order valence-electron chi connectivity index (χ2n) is 12.6. The summed E-state index contributed by atoms with van der Waals surface area (Å²) in [5, 5.41) is 45.8. The van der Waals surface area contributed by atoms with Gasteiger partial charge < -0.3 is 26.2 Å². The zero-order valence-corrected chi connectivity index (χ0v) is 25.6. The predicted octanol–water partition coefficient (Wildman–Crippen LogP) is 2.61. The molecule has 6 rings (SSSR count). The number of benzene rings is 2. The van der Waals surface area contributed by atoms with Crippen LogP contribution in [0, 0.1) is 11.8 Å². The van der Waals surface area contributed by atoms with Crippen LogP contribution in [0.5, 0.6) is 5.75 Å². The molecule has 0 saturated heterocycles. The van der Waals surface area contributed by atoms with Crippen molar-refractivity contribution < 1.29 is 34.8 Å². The van der Waals surface area contributed by atoms with Gasteiger partial charge in [-0.3, -0.25) is 24.2 Å². The number of phenolic OH excluding ortho intramolecular Hbond substituents is 1. The molecule has 1 fully saturated rings. The van der Waals surface area contributed by atoms with Crippen molar-refractivity contribution in [1.29, 1.82) is 0 Å². The number of nitrogens with zero attached hydrogens (tertiary/aromatic N) is 2. The van der Waals surface area contributed by atoms with Crippen LogP contribution < -0.4 is 5.73 Å². The van der Waals surface area contributed by atoms with Crippen molar-refractivity contribution in [2.24, 2.45) is 17.6 Å². The summed E-state index contributed by atoms with van der Waals surface area (Å²) >= 11 is 7.01. The summed E-state index contributed by atoms with van der Waals surface area (Å²) < 4.78 is 0. The van der Waals surface area contributed by atoms with E-state index in [1.807, 2.05) is 12.1 Å². The lowest BCUT2D eigenvalue weighted by Crippen LogP contribution is -2.65. The number of halogens is 1.